The van der Waals surface area contributed by atoms with Crippen LogP contribution >= 0.6 is 0 Å². The first-order valence-corrected chi connectivity index (χ1v) is 9.82. The van der Waals surface area contributed by atoms with Crippen molar-refractivity contribution in [3.8, 4) is 11.4 Å². The van der Waals surface area contributed by atoms with Gasteiger partial charge in [0.25, 0.3) is 5.91 Å². The highest BCUT2D eigenvalue weighted by atomic mass is 16.6. The van der Waals surface area contributed by atoms with Crippen LogP contribution in [-0.2, 0) is 16.2 Å². The number of benzene rings is 2. The Morgan fingerprint density at radius 1 is 1.17 bits per heavy atom. The van der Waals surface area contributed by atoms with Crippen LogP contribution in [0.1, 0.15) is 28.9 Å². The van der Waals surface area contributed by atoms with Gasteiger partial charge in [0.15, 0.2) is 0 Å². The standard InChI is InChI=1S/C23H24N4O3/c1-15-20(16(2)27(25-15)18-7-5-4-6-8-18)14-24-23(28)22-13-21(26-30-22)17-9-11-19(29-3)12-10-17/h4-12,22H,13-14H2,1-3H3,(H,24,28). The highest BCUT2D eigenvalue weighted by Crippen LogP contribution is 2.21. The lowest BCUT2D eigenvalue weighted by Gasteiger charge is -2.10. The largest absolute Gasteiger partial charge is 0.497 e. The number of hydrogen-bond donors (Lipinski definition) is 1. The summed E-state index contributed by atoms with van der Waals surface area (Å²) < 4.78 is 7.07. The maximum Gasteiger partial charge on any atom is 0.264 e. The molecule has 0 saturated heterocycles. The first-order valence-electron chi connectivity index (χ1n) is 9.82. The number of amides is 1. The van der Waals surface area contributed by atoms with E-state index in [1.54, 1.807) is 7.11 Å². The zero-order valence-corrected chi connectivity index (χ0v) is 17.3. The van der Waals surface area contributed by atoms with E-state index in [0.29, 0.717) is 13.0 Å². The van der Waals surface area contributed by atoms with Crippen molar-refractivity contribution >= 4 is 11.6 Å². The van der Waals surface area contributed by atoms with E-state index in [-0.39, 0.29) is 5.91 Å². The third kappa shape index (κ3) is 3.91. The molecule has 0 radical (unpaired) electrons. The van der Waals surface area contributed by atoms with Crippen molar-refractivity contribution in [2.24, 2.45) is 5.16 Å². The van der Waals surface area contributed by atoms with Gasteiger partial charge in [-0.25, -0.2) is 4.68 Å². The van der Waals surface area contributed by atoms with Gasteiger partial charge in [-0.15, -0.1) is 0 Å². The second-order valence-electron chi connectivity index (χ2n) is 7.18. The number of nitrogens with zero attached hydrogens (tertiary/aromatic N) is 3. The number of carbonyl (C=O) groups excluding carboxylic acids is 1. The van der Waals surface area contributed by atoms with Crippen molar-refractivity contribution in [2.75, 3.05) is 7.11 Å². The van der Waals surface area contributed by atoms with Crippen molar-refractivity contribution < 1.29 is 14.4 Å². The molecule has 0 fully saturated rings. The summed E-state index contributed by atoms with van der Waals surface area (Å²) in [6.45, 7) is 4.34. The molecule has 7 nitrogen and oxygen atoms in total. The molecule has 154 valence electrons. The van der Waals surface area contributed by atoms with E-state index in [1.165, 1.54) is 0 Å². The van der Waals surface area contributed by atoms with Crippen molar-refractivity contribution in [1.29, 1.82) is 0 Å². The van der Waals surface area contributed by atoms with E-state index in [0.717, 1.165) is 39.7 Å². The van der Waals surface area contributed by atoms with Crippen LogP contribution in [0, 0.1) is 13.8 Å². The summed E-state index contributed by atoms with van der Waals surface area (Å²) in [5.41, 5.74) is 5.55. The van der Waals surface area contributed by atoms with E-state index in [9.17, 15) is 4.79 Å². The van der Waals surface area contributed by atoms with Gasteiger partial charge in [0.2, 0.25) is 6.10 Å². The highest BCUT2D eigenvalue weighted by Gasteiger charge is 2.29. The molecular formula is C23H24N4O3. The molecule has 0 spiro atoms. The predicted octanol–water partition coefficient (Wildman–Crippen LogP) is 3.31. The van der Waals surface area contributed by atoms with Gasteiger partial charge < -0.3 is 14.9 Å². The first kappa shape index (κ1) is 19.7. The molecular weight excluding hydrogens is 380 g/mol. The van der Waals surface area contributed by atoms with Crippen LogP contribution in [0.15, 0.2) is 59.8 Å². The number of nitrogens with one attached hydrogen (secondary N) is 1. The topological polar surface area (TPSA) is 77.7 Å². The normalized spacial score (nSPS) is 15.4. The summed E-state index contributed by atoms with van der Waals surface area (Å²) in [5.74, 6) is 0.586. The van der Waals surface area contributed by atoms with E-state index < -0.39 is 6.10 Å². The maximum absolute atomic E-state index is 12.6. The lowest BCUT2D eigenvalue weighted by atomic mass is 10.0. The van der Waals surface area contributed by atoms with Crippen molar-refractivity contribution in [3.63, 3.8) is 0 Å². The third-order valence-electron chi connectivity index (χ3n) is 5.27. The van der Waals surface area contributed by atoms with Gasteiger partial charge in [-0.05, 0) is 55.8 Å². The number of ether oxygens (including phenoxy) is 1. The summed E-state index contributed by atoms with van der Waals surface area (Å²) in [4.78, 5) is 18.0. The minimum Gasteiger partial charge on any atom is -0.497 e. The fourth-order valence-electron chi connectivity index (χ4n) is 3.51. The molecule has 1 N–H and O–H groups in total. The summed E-state index contributed by atoms with van der Waals surface area (Å²) >= 11 is 0. The van der Waals surface area contributed by atoms with Gasteiger partial charge >= 0.3 is 0 Å². The highest BCUT2D eigenvalue weighted by molar-refractivity contribution is 6.04. The SMILES string of the molecule is COc1ccc(C2=NOC(C(=O)NCc3c(C)nn(-c4ccccc4)c3C)C2)cc1. The zero-order valence-electron chi connectivity index (χ0n) is 17.3. The van der Waals surface area contributed by atoms with Crippen LogP contribution in [0.3, 0.4) is 0 Å². The van der Waals surface area contributed by atoms with Gasteiger partial charge in [0, 0.05) is 24.2 Å². The molecule has 1 aliphatic rings. The molecule has 7 heteroatoms. The number of methoxy groups -OCH3 is 1. The number of oxime groups is 1. The predicted molar refractivity (Wildman–Crippen MR) is 114 cm³/mol. The molecule has 4 rings (SSSR count). The fraction of sp³-hybridized carbons (Fsp3) is 0.261. The van der Waals surface area contributed by atoms with Crippen LogP contribution in [-0.4, -0.2) is 34.6 Å². The number of rotatable bonds is 6. The average Bonchev–Trinajstić information content (AvgIpc) is 3.38. The number of hydrogen-bond acceptors (Lipinski definition) is 5. The monoisotopic (exact) mass is 404 g/mol. The number of carbonyl (C=O) groups is 1. The van der Waals surface area contributed by atoms with Crippen LogP contribution < -0.4 is 10.1 Å². The van der Waals surface area contributed by atoms with Gasteiger partial charge in [-0.1, -0.05) is 23.4 Å². The van der Waals surface area contributed by atoms with Crippen LogP contribution in [0.2, 0.25) is 0 Å². The van der Waals surface area contributed by atoms with Gasteiger partial charge in [0.1, 0.15) is 5.75 Å². The Hall–Kier alpha value is -3.61. The number of aromatic nitrogens is 2. The molecule has 0 bridgehead atoms. The molecule has 30 heavy (non-hydrogen) atoms. The van der Waals surface area contributed by atoms with Crippen molar-refractivity contribution in [2.45, 2.75) is 32.9 Å². The first-order chi connectivity index (χ1) is 14.6. The molecule has 1 amide bonds. The van der Waals surface area contributed by atoms with Gasteiger partial charge in [-0.3, -0.25) is 4.79 Å². The molecule has 3 aromatic rings. The van der Waals surface area contributed by atoms with Crippen LogP contribution in [0.4, 0.5) is 0 Å². The summed E-state index contributed by atoms with van der Waals surface area (Å²) in [6.07, 6.45) is -0.203. The summed E-state index contributed by atoms with van der Waals surface area (Å²) in [7, 11) is 1.62. The molecule has 1 unspecified atom stereocenters. The van der Waals surface area contributed by atoms with Crippen molar-refractivity contribution in [1.82, 2.24) is 15.1 Å². The lowest BCUT2D eigenvalue weighted by Crippen LogP contribution is -2.34. The second-order valence-corrected chi connectivity index (χ2v) is 7.18. The molecule has 2 aromatic carbocycles. The lowest BCUT2D eigenvalue weighted by molar-refractivity contribution is -0.131. The Morgan fingerprint density at radius 2 is 1.90 bits per heavy atom. The third-order valence-corrected chi connectivity index (χ3v) is 5.27. The van der Waals surface area contributed by atoms with Gasteiger partial charge in [0.05, 0.1) is 24.2 Å². The molecule has 1 aliphatic heterocycles. The summed E-state index contributed by atoms with van der Waals surface area (Å²) in [6, 6.07) is 17.5. The molecule has 1 aromatic heterocycles. The number of aryl methyl sites for hydroxylation is 1. The maximum atomic E-state index is 12.6. The zero-order chi connectivity index (χ0) is 21.1. The minimum absolute atomic E-state index is 0.187. The van der Waals surface area contributed by atoms with Gasteiger partial charge in [-0.2, -0.15) is 5.10 Å². The quantitative estimate of drug-likeness (QED) is 0.684. The van der Waals surface area contributed by atoms with E-state index >= 15 is 0 Å². The number of para-hydroxylation sites is 1. The van der Waals surface area contributed by atoms with E-state index in [1.807, 2.05) is 73.1 Å². The van der Waals surface area contributed by atoms with Crippen molar-refractivity contribution in [3.05, 3.63) is 77.1 Å². The van der Waals surface area contributed by atoms with E-state index in [2.05, 4.69) is 15.6 Å². The Morgan fingerprint density at radius 3 is 2.60 bits per heavy atom. The second kappa shape index (κ2) is 8.41. The fourth-order valence-corrected chi connectivity index (χ4v) is 3.51. The molecule has 1 atom stereocenters. The smallest absolute Gasteiger partial charge is 0.264 e. The van der Waals surface area contributed by atoms with Crippen LogP contribution in [0.5, 0.6) is 5.75 Å². The Bertz CT molecular complexity index is 1070. The average molecular weight is 404 g/mol. The molecule has 0 aliphatic carbocycles. The Kier molecular flexibility index (Phi) is 5.52. The minimum atomic E-state index is -0.633. The Labute approximate surface area is 175 Å². The Balaban J connectivity index is 1.38. The molecule has 0 saturated carbocycles. The van der Waals surface area contributed by atoms with Crippen LogP contribution in [0.25, 0.3) is 5.69 Å². The van der Waals surface area contributed by atoms with E-state index in [4.69, 9.17) is 9.57 Å². The molecule has 2 heterocycles. The summed E-state index contributed by atoms with van der Waals surface area (Å²) in [5, 5.41) is 11.7.